The maximum absolute atomic E-state index is 11.8. The zero-order valence-corrected chi connectivity index (χ0v) is 32.2. The number of ether oxygens (including phenoxy) is 2. The van der Waals surface area contributed by atoms with Crippen molar-refractivity contribution >= 4 is 17.9 Å². The van der Waals surface area contributed by atoms with Gasteiger partial charge < -0.3 is 14.6 Å². The highest BCUT2D eigenvalue weighted by molar-refractivity contribution is 5.91. The lowest BCUT2D eigenvalue weighted by Gasteiger charge is -2.04. The summed E-state index contributed by atoms with van der Waals surface area (Å²) in [7, 11) is 0. The molecule has 0 aliphatic rings. The Balaban J connectivity index is 0. The molecule has 0 aliphatic heterocycles. The lowest BCUT2D eigenvalue weighted by Crippen LogP contribution is -2.06. The molecule has 0 aliphatic carbocycles. The second-order valence-corrected chi connectivity index (χ2v) is 13.8. The quantitative estimate of drug-likeness (QED) is 0.0402. The minimum Gasteiger partial charge on any atom is -0.481 e. The van der Waals surface area contributed by atoms with Crippen LogP contribution >= 0.6 is 0 Å². The normalized spacial score (nSPS) is 11.0. The molecule has 1 N–H and O–H groups in total. The van der Waals surface area contributed by atoms with Crippen LogP contribution in [0.5, 0.6) is 0 Å². The highest BCUT2D eigenvalue weighted by Crippen LogP contribution is 2.15. The van der Waals surface area contributed by atoms with Crippen molar-refractivity contribution in [3.8, 4) is 0 Å². The van der Waals surface area contributed by atoms with Gasteiger partial charge in [0.25, 0.3) is 5.97 Å². The molecule has 0 heterocycles. The van der Waals surface area contributed by atoms with E-state index < -0.39 is 17.9 Å². The van der Waals surface area contributed by atoms with Gasteiger partial charge in [0.1, 0.15) is 0 Å². The number of carbonyl (C=O) groups excluding carboxylic acids is 2. The van der Waals surface area contributed by atoms with Crippen LogP contribution in [0.2, 0.25) is 0 Å². The molecule has 0 saturated heterocycles. The van der Waals surface area contributed by atoms with Crippen LogP contribution in [-0.4, -0.2) is 36.2 Å². The summed E-state index contributed by atoms with van der Waals surface area (Å²) in [6.45, 7) is 6.49. The SMILES string of the molecule is CC(=O)O.CCCCCCCCCCCCCCCCCCOC(=O)/C=C\C(=O)OCCCCCCCCCCCCCCCCCC. The number of hydrogen-bond donors (Lipinski definition) is 1. The smallest absolute Gasteiger partial charge is 0.331 e. The third kappa shape index (κ3) is 48.5. The van der Waals surface area contributed by atoms with Gasteiger partial charge in [0.15, 0.2) is 0 Å². The molecule has 0 radical (unpaired) electrons. The molecule has 0 aromatic carbocycles. The minimum absolute atomic E-state index is 0.426. The second kappa shape index (κ2) is 43.2. The molecule has 284 valence electrons. The summed E-state index contributed by atoms with van der Waals surface area (Å²) in [6, 6.07) is 0. The average molecular weight is 681 g/mol. The van der Waals surface area contributed by atoms with Gasteiger partial charge in [-0.15, -0.1) is 0 Å². The zero-order valence-electron chi connectivity index (χ0n) is 32.2. The predicted octanol–water partition coefficient (Wildman–Crippen LogP) is 13.2. The number of hydrogen-bond acceptors (Lipinski definition) is 5. The molecule has 0 spiro atoms. The molecule has 0 fully saturated rings. The fourth-order valence-corrected chi connectivity index (χ4v) is 5.88. The summed E-state index contributed by atoms with van der Waals surface area (Å²) in [5.74, 6) is -1.74. The van der Waals surface area contributed by atoms with E-state index in [0.717, 1.165) is 32.6 Å². The van der Waals surface area contributed by atoms with Crippen molar-refractivity contribution in [1.29, 1.82) is 0 Å². The van der Waals surface area contributed by atoms with Crippen LogP contribution in [0.25, 0.3) is 0 Å². The number of esters is 2. The Hall–Kier alpha value is -1.85. The van der Waals surface area contributed by atoms with Crippen molar-refractivity contribution in [1.82, 2.24) is 0 Å². The second-order valence-electron chi connectivity index (χ2n) is 13.8. The minimum atomic E-state index is -0.833. The molecule has 0 rings (SSSR count). The number of aliphatic carboxylic acids is 1. The summed E-state index contributed by atoms with van der Waals surface area (Å²) in [4.78, 5) is 32.6. The fraction of sp³-hybridized carbons (Fsp3) is 0.881. The van der Waals surface area contributed by atoms with E-state index in [0.29, 0.717) is 13.2 Å². The summed E-state index contributed by atoms with van der Waals surface area (Å²) in [5, 5.41) is 7.42. The fourth-order valence-electron chi connectivity index (χ4n) is 5.88. The lowest BCUT2D eigenvalue weighted by molar-refractivity contribution is -0.140. The predicted molar refractivity (Wildman–Crippen MR) is 203 cm³/mol. The van der Waals surface area contributed by atoms with Crippen molar-refractivity contribution in [3.05, 3.63) is 12.2 Å². The Morgan fingerprint density at radius 3 is 0.729 bits per heavy atom. The van der Waals surface area contributed by atoms with Gasteiger partial charge in [-0.3, -0.25) is 4.79 Å². The van der Waals surface area contributed by atoms with Crippen molar-refractivity contribution in [2.45, 2.75) is 226 Å². The lowest BCUT2D eigenvalue weighted by atomic mass is 10.0. The molecule has 6 nitrogen and oxygen atoms in total. The first kappa shape index (κ1) is 48.3. The first-order valence-corrected chi connectivity index (χ1v) is 20.6. The summed E-state index contributed by atoms with van der Waals surface area (Å²) >= 11 is 0. The van der Waals surface area contributed by atoms with Crippen LogP contribution < -0.4 is 0 Å². The monoisotopic (exact) mass is 681 g/mol. The van der Waals surface area contributed by atoms with Gasteiger partial charge in [-0.05, 0) is 12.8 Å². The van der Waals surface area contributed by atoms with Crippen LogP contribution in [0, 0.1) is 0 Å². The highest BCUT2D eigenvalue weighted by Gasteiger charge is 2.02. The number of rotatable bonds is 36. The standard InChI is InChI=1S/C40H76O4.C2H4O2/c1-3-5-7-9-11-13-15-17-19-21-23-25-27-29-31-33-37-43-39(41)35-36-40(42)44-38-34-32-30-28-26-24-22-20-18-16-14-12-10-8-6-4-2;1-2(3)4/h35-36H,3-34,37-38H2,1-2H3;1H3,(H,3,4)/b36-35-;. The van der Waals surface area contributed by atoms with Gasteiger partial charge in [0.05, 0.1) is 13.2 Å². The van der Waals surface area contributed by atoms with Crippen molar-refractivity contribution < 1.29 is 29.0 Å². The first-order valence-electron chi connectivity index (χ1n) is 20.6. The molecule has 48 heavy (non-hydrogen) atoms. The van der Waals surface area contributed by atoms with E-state index in [1.54, 1.807) is 0 Å². The van der Waals surface area contributed by atoms with E-state index in [4.69, 9.17) is 19.4 Å². The van der Waals surface area contributed by atoms with Gasteiger partial charge in [-0.2, -0.15) is 0 Å². The summed E-state index contributed by atoms with van der Waals surface area (Å²) in [5.41, 5.74) is 0. The Bertz CT molecular complexity index is 648. The van der Waals surface area contributed by atoms with E-state index in [1.165, 1.54) is 192 Å². The zero-order chi connectivity index (χ0) is 35.6. The Morgan fingerprint density at radius 1 is 0.375 bits per heavy atom. The van der Waals surface area contributed by atoms with Crippen molar-refractivity contribution in [3.63, 3.8) is 0 Å². The van der Waals surface area contributed by atoms with Crippen LogP contribution in [0.4, 0.5) is 0 Å². The van der Waals surface area contributed by atoms with Crippen LogP contribution in [-0.2, 0) is 23.9 Å². The Kier molecular flexibility index (Phi) is 43.4. The molecular formula is C42H80O6. The summed E-state index contributed by atoms with van der Waals surface area (Å²) in [6.07, 6.45) is 44.7. The highest BCUT2D eigenvalue weighted by atomic mass is 16.5. The molecule has 0 aromatic rings. The molecule has 0 saturated carbocycles. The Morgan fingerprint density at radius 2 is 0.542 bits per heavy atom. The van der Waals surface area contributed by atoms with Gasteiger partial charge in [0.2, 0.25) is 0 Å². The summed E-state index contributed by atoms with van der Waals surface area (Å²) < 4.78 is 10.4. The van der Waals surface area contributed by atoms with E-state index >= 15 is 0 Å². The van der Waals surface area contributed by atoms with E-state index in [1.807, 2.05) is 0 Å². The number of unbranched alkanes of at least 4 members (excludes halogenated alkanes) is 30. The third-order valence-electron chi connectivity index (χ3n) is 8.84. The van der Waals surface area contributed by atoms with E-state index in [-0.39, 0.29) is 0 Å². The maximum atomic E-state index is 11.8. The van der Waals surface area contributed by atoms with Crippen molar-refractivity contribution in [2.75, 3.05) is 13.2 Å². The largest absolute Gasteiger partial charge is 0.481 e. The number of carboxylic acid groups (broad SMARTS) is 1. The van der Waals surface area contributed by atoms with Crippen LogP contribution in [0.15, 0.2) is 12.2 Å². The molecular weight excluding hydrogens is 600 g/mol. The topological polar surface area (TPSA) is 89.9 Å². The molecule has 0 aromatic heterocycles. The van der Waals surface area contributed by atoms with Crippen LogP contribution in [0.3, 0.4) is 0 Å². The van der Waals surface area contributed by atoms with Gasteiger partial charge >= 0.3 is 11.9 Å². The van der Waals surface area contributed by atoms with E-state index in [2.05, 4.69) is 13.8 Å². The molecule has 0 bridgehead atoms. The van der Waals surface area contributed by atoms with Gasteiger partial charge in [-0.25, -0.2) is 9.59 Å². The third-order valence-corrected chi connectivity index (χ3v) is 8.84. The number of carbonyl (C=O) groups is 3. The first-order chi connectivity index (χ1) is 23.4. The average Bonchev–Trinajstić information content (AvgIpc) is 3.06. The Labute approximate surface area is 298 Å². The molecule has 0 unspecified atom stereocenters. The molecule has 6 heteroatoms. The van der Waals surface area contributed by atoms with Gasteiger partial charge in [-0.1, -0.05) is 206 Å². The van der Waals surface area contributed by atoms with E-state index in [9.17, 15) is 9.59 Å². The van der Waals surface area contributed by atoms with Gasteiger partial charge in [0, 0.05) is 19.1 Å². The molecule has 0 atom stereocenters. The molecule has 0 amide bonds. The number of carboxylic acids is 1. The van der Waals surface area contributed by atoms with Crippen LogP contribution in [0.1, 0.15) is 226 Å². The maximum Gasteiger partial charge on any atom is 0.331 e. The van der Waals surface area contributed by atoms with Crippen molar-refractivity contribution in [2.24, 2.45) is 0 Å².